The zero-order chi connectivity index (χ0) is 17.7. The van der Waals surface area contributed by atoms with Crippen molar-refractivity contribution in [2.45, 2.75) is 38.1 Å². The lowest BCUT2D eigenvalue weighted by atomic mass is 10.0. The maximum Gasteiger partial charge on any atom is 0.339 e. The van der Waals surface area contributed by atoms with Crippen molar-refractivity contribution in [3.05, 3.63) is 33.7 Å². The van der Waals surface area contributed by atoms with Crippen molar-refractivity contribution in [3.8, 4) is 11.5 Å². The molecule has 3 heterocycles. The lowest BCUT2D eigenvalue weighted by Gasteiger charge is -2.31. The summed E-state index contributed by atoms with van der Waals surface area (Å²) in [7, 11) is 1.46. The van der Waals surface area contributed by atoms with Gasteiger partial charge < -0.3 is 24.1 Å². The molecule has 1 aromatic carbocycles. The average molecular weight is 347 g/mol. The van der Waals surface area contributed by atoms with E-state index < -0.39 is 11.9 Å². The number of likely N-dealkylation sites (tertiary alicyclic amines) is 1. The molecule has 1 unspecified atom stereocenters. The van der Waals surface area contributed by atoms with Gasteiger partial charge in [0.05, 0.1) is 19.8 Å². The van der Waals surface area contributed by atoms with E-state index >= 15 is 0 Å². The van der Waals surface area contributed by atoms with E-state index in [1.807, 2.05) is 11.8 Å². The Kier molecular flexibility index (Phi) is 3.94. The fourth-order valence-corrected chi connectivity index (χ4v) is 3.90. The standard InChI is InChI=1S/C18H21NO6/c1-9-12-4-16(23-2)14(20)6-15(12)25-18(22)13(9)5-17(21)19-7-11-3-10(19)8-24-11/h4,6,10-11,17,20-21H,3,5,7-8H2,1-2H3/t10-,11-,17?/m0/s1. The topological polar surface area (TPSA) is 92.4 Å². The number of aliphatic hydroxyl groups excluding tert-OH is 1. The maximum absolute atomic E-state index is 12.4. The molecule has 25 heavy (non-hydrogen) atoms. The second-order valence-corrected chi connectivity index (χ2v) is 6.74. The summed E-state index contributed by atoms with van der Waals surface area (Å²) in [5.74, 6) is 0.225. The monoisotopic (exact) mass is 347 g/mol. The highest BCUT2D eigenvalue weighted by molar-refractivity contribution is 5.84. The molecule has 2 fully saturated rings. The molecule has 0 radical (unpaired) electrons. The number of phenols is 1. The van der Waals surface area contributed by atoms with E-state index in [0.29, 0.717) is 35.4 Å². The predicted molar refractivity (Wildman–Crippen MR) is 90.0 cm³/mol. The van der Waals surface area contributed by atoms with E-state index in [-0.39, 0.29) is 24.3 Å². The first-order valence-electron chi connectivity index (χ1n) is 8.36. The molecule has 7 nitrogen and oxygen atoms in total. The number of benzene rings is 1. The Balaban J connectivity index is 1.69. The van der Waals surface area contributed by atoms with Crippen molar-refractivity contribution in [2.24, 2.45) is 0 Å². The highest BCUT2D eigenvalue weighted by Gasteiger charge is 2.42. The minimum absolute atomic E-state index is 0.0848. The highest BCUT2D eigenvalue weighted by Crippen LogP contribution is 2.34. The van der Waals surface area contributed by atoms with Crippen LogP contribution in [0.15, 0.2) is 21.3 Å². The van der Waals surface area contributed by atoms with Crippen molar-refractivity contribution in [1.82, 2.24) is 4.90 Å². The number of hydrogen-bond acceptors (Lipinski definition) is 7. The van der Waals surface area contributed by atoms with Gasteiger partial charge >= 0.3 is 5.63 Å². The van der Waals surface area contributed by atoms with Crippen molar-refractivity contribution in [3.63, 3.8) is 0 Å². The van der Waals surface area contributed by atoms with Crippen molar-refractivity contribution >= 4 is 11.0 Å². The van der Waals surface area contributed by atoms with Gasteiger partial charge in [-0.1, -0.05) is 0 Å². The number of ether oxygens (including phenoxy) is 2. The molecular formula is C18H21NO6. The van der Waals surface area contributed by atoms with Gasteiger partial charge in [-0.2, -0.15) is 0 Å². The van der Waals surface area contributed by atoms with Crippen LogP contribution in [-0.4, -0.2) is 53.7 Å². The predicted octanol–water partition coefficient (Wildman–Crippen LogP) is 1.15. The molecule has 2 aromatic rings. The smallest absolute Gasteiger partial charge is 0.339 e. The maximum atomic E-state index is 12.4. The van der Waals surface area contributed by atoms with E-state index in [1.54, 1.807) is 6.07 Å². The third kappa shape index (κ3) is 2.68. The summed E-state index contributed by atoms with van der Waals surface area (Å²) in [5, 5.41) is 21.2. The van der Waals surface area contributed by atoms with E-state index in [4.69, 9.17) is 13.9 Å². The molecule has 0 saturated carbocycles. The third-order valence-corrected chi connectivity index (χ3v) is 5.30. The summed E-state index contributed by atoms with van der Waals surface area (Å²) < 4.78 is 16.0. The summed E-state index contributed by atoms with van der Waals surface area (Å²) in [6.07, 6.45) is 0.549. The lowest BCUT2D eigenvalue weighted by Crippen LogP contribution is -2.45. The van der Waals surface area contributed by atoms with Crippen LogP contribution in [0.4, 0.5) is 0 Å². The van der Waals surface area contributed by atoms with E-state index in [9.17, 15) is 15.0 Å². The van der Waals surface area contributed by atoms with Crippen molar-refractivity contribution in [2.75, 3.05) is 20.3 Å². The number of aryl methyl sites for hydroxylation is 1. The Morgan fingerprint density at radius 3 is 2.88 bits per heavy atom. The Morgan fingerprint density at radius 1 is 1.44 bits per heavy atom. The Morgan fingerprint density at radius 2 is 2.24 bits per heavy atom. The number of phenolic OH excluding ortho intramolecular Hbond substituents is 1. The molecule has 7 heteroatoms. The number of aromatic hydroxyl groups is 1. The number of rotatable bonds is 4. The van der Waals surface area contributed by atoms with Gasteiger partial charge in [-0.15, -0.1) is 0 Å². The van der Waals surface area contributed by atoms with Gasteiger partial charge in [-0.3, -0.25) is 4.90 Å². The first-order chi connectivity index (χ1) is 12.0. The molecule has 0 amide bonds. The van der Waals surface area contributed by atoms with Crippen molar-refractivity contribution < 1.29 is 24.1 Å². The van der Waals surface area contributed by atoms with Crippen LogP contribution in [-0.2, 0) is 11.2 Å². The molecule has 3 atom stereocenters. The normalized spacial score (nSPS) is 24.1. The van der Waals surface area contributed by atoms with Crippen LogP contribution >= 0.6 is 0 Å². The third-order valence-electron chi connectivity index (χ3n) is 5.30. The Hall–Kier alpha value is -2.09. The van der Waals surface area contributed by atoms with Gasteiger partial charge in [0.1, 0.15) is 11.8 Å². The van der Waals surface area contributed by atoms with E-state index in [0.717, 1.165) is 12.0 Å². The van der Waals surface area contributed by atoms with Crippen LogP contribution in [0.25, 0.3) is 11.0 Å². The summed E-state index contributed by atoms with van der Waals surface area (Å²) in [4.78, 5) is 14.4. The second-order valence-electron chi connectivity index (χ2n) is 6.74. The Labute approximate surface area is 144 Å². The molecule has 2 aliphatic heterocycles. The molecule has 1 aromatic heterocycles. The van der Waals surface area contributed by atoms with Gasteiger partial charge in [0, 0.05) is 36.0 Å². The first kappa shape index (κ1) is 16.4. The fourth-order valence-electron chi connectivity index (χ4n) is 3.90. The number of morpholine rings is 1. The van der Waals surface area contributed by atoms with Crippen molar-refractivity contribution in [1.29, 1.82) is 0 Å². The summed E-state index contributed by atoms with van der Waals surface area (Å²) in [5.41, 5.74) is 0.975. The zero-order valence-corrected chi connectivity index (χ0v) is 14.2. The molecule has 2 N–H and O–H groups in total. The van der Waals surface area contributed by atoms with Gasteiger partial charge in [-0.05, 0) is 25.0 Å². The molecule has 134 valence electrons. The van der Waals surface area contributed by atoms with E-state index in [2.05, 4.69) is 0 Å². The zero-order valence-electron chi connectivity index (χ0n) is 14.2. The van der Waals surface area contributed by atoms with Gasteiger partial charge in [0.25, 0.3) is 0 Å². The van der Waals surface area contributed by atoms with Gasteiger partial charge in [-0.25, -0.2) is 4.79 Å². The number of methoxy groups -OCH3 is 1. The lowest BCUT2D eigenvalue weighted by molar-refractivity contribution is -0.0605. The number of hydrogen-bond donors (Lipinski definition) is 2. The van der Waals surface area contributed by atoms with E-state index in [1.165, 1.54) is 13.2 Å². The summed E-state index contributed by atoms with van der Waals surface area (Å²) in [6, 6.07) is 3.23. The molecule has 2 bridgehead atoms. The van der Waals surface area contributed by atoms with Crippen LogP contribution in [0.1, 0.15) is 17.5 Å². The SMILES string of the molecule is COc1cc2c(C)c(CC(O)N3C[C@@H]4C[C@H]3CO4)c(=O)oc2cc1O. The summed E-state index contributed by atoms with van der Waals surface area (Å²) in [6.45, 7) is 3.13. The van der Waals surface area contributed by atoms with Gasteiger partial charge in [0.2, 0.25) is 0 Å². The largest absolute Gasteiger partial charge is 0.504 e. The van der Waals surface area contributed by atoms with Gasteiger partial charge in [0.15, 0.2) is 11.5 Å². The first-order valence-corrected chi connectivity index (χ1v) is 8.36. The molecular weight excluding hydrogens is 326 g/mol. The molecule has 2 aliphatic rings. The Bertz CT molecular complexity index is 876. The molecule has 0 aliphatic carbocycles. The fraction of sp³-hybridized carbons (Fsp3) is 0.500. The molecule has 4 rings (SSSR count). The van der Waals surface area contributed by atoms with Crippen LogP contribution in [0.3, 0.4) is 0 Å². The number of fused-ring (bicyclic) bond motifs is 3. The average Bonchev–Trinajstić information content (AvgIpc) is 3.21. The summed E-state index contributed by atoms with van der Waals surface area (Å²) >= 11 is 0. The molecule has 0 spiro atoms. The van der Waals surface area contributed by atoms with Crippen LogP contribution in [0, 0.1) is 6.92 Å². The molecule has 2 saturated heterocycles. The number of aliphatic hydroxyl groups is 1. The van der Waals surface area contributed by atoms with Crippen LogP contribution < -0.4 is 10.4 Å². The quantitative estimate of drug-likeness (QED) is 0.802. The minimum atomic E-state index is -0.753. The minimum Gasteiger partial charge on any atom is -0.504 e. The van der Waals surface area contributed by atoms with Crippen LogP contribution in [0.2, 0.25) is 0 Å². The second kappa shape index (κ2) is 6.01. The number of nitrogens with zero attached hydrogens (tertiary/aromatic N) is 1. The highest BCUT2D eigenvalue weighted by atomic mass is 16.5. The van der Waals surface area contributed by atoms with Crippen LogP contribution in [0.5, 0.6) is 11.5 Å².